The van der Waals surface area contributed by atoms with Crippen molar-refractivity contribution in [2.75, 3.05) is 0 Å². The Labute approximate surface area is 77.2 Å². The number of halogens is 1. The Kier molecular flexibility index (Phi) is 3.11. The van der Waals surface area contributed by atoms with Crippen LogP contribution >= 0.6 is 15.9 Å². The maximum absolute atomic E-state index is 7.26. The van der Waals surface area contributed by atoms with Crippen LogP contribution < -0.4 is 0 Å². The number of hydrogen-bond donors (Lipinski definition) is 1. The van der Waals surface area contributed by atoms with Crippen molar-refractivity contribution in [1.82, 2.24) is 0 Å². The molecule has 1 unspecified atom stereocenters. The molecule has 4 atom stereocenters. The van der Waals surface area contributed by atoms with Crippen molar-refractivity contribution in [2.24, 2.45) is 17.8 Å². The van der Waals surface area contributed by atoms with E-state index in [0.29, 0.717) is 16.7 Å². The Bertz CT molecular complexity index is 146. The molecule has 0 aromatic heterocycles. The van der Waals surface area contributed by atoms with E-state index in [4.69, 9.17) is 5.41 Å². The van der Waals surface area contributed by atoms with Gasteiger partial charge in [-0.1, -0.05) is 29.8 Å². The van der Waals surface area contributed by atoms with Gasteiger partial charge in [0.25, 0.3) is 0 Å². The van der Waals surface area contributed by atoms with E-state index in [2.05, 4.69) is 29.8 Å². The third kappa shape index (κ3) is 2.05. The monoisotopic (exact) mass is 217 g/mol. The fraction of sp³-hybridized carbons (Fsp3) is 0.889. The molecule has 1 nitrogen and oxygen atoms in total. The molecule has 1 N–H and O–H groups in total. The second kappa shape index (κ2) is 3.70. The van der Waals surface area contributed by atoms with Gasteiger partial charge in [0.15, 0.2) is 0 Å². The minimum atomic E-state index is 0.503. The van der Waals surface area contributed by atoms with E-state index in [-0.39, 0.29) is 0 Å². The van der Waals surface area contributed by atoms with E-state index in [0.717, 1.165) is 12.3 Å². The minimum absolute atomic E-state index is 0.503. The predicted molar refractivity (Wildman–Crippen MR) is 52.6 cm³/mol. The van der Waals surface area contributed by atoms with E-state index >= 15 is 0 Å². The molecule has 0 aromatic carbocycles. The van der Waals surface area contributed by atoms with Gasteiger partial charge in [-0.2, -0.15) is 0 Å². The highest BCUT2D eigenvalue weighted by Crippen LogP contribution is 2.36. The first-order valence-corrected chi connectivity index (χ1v) is 5.21. The van der Waals surface area contributed by atoms with Crippen LogP contribution in [0.5, 0.6) is 0 Å². The normalized spacial score (nSPS) is 45.4. The second-order valence-corrected chi connectivity index (χ2v) is 5.03. The Morgan fingerprint density at radius 3 is 2.55 bits per heavy atom. The molecule has 64 valence electrons. The summed E-state index contributed by atoms with van der Waals surface area (Å²) in [7, 11) is 0. The van der Waals surface area contributed by atoms with Crippen molar-refractivity contribution in [3.8, 4) is 0 Å². The van der Waals surface area contributed by atoms with Gasteiger partial charge in [-0.15, -0.1) is 0 Å². The van der Waals surface area contributed by atoms with E-state index < -0.39 is 0 Å². The maximum Gasteiger partial charge on any atom is 0.0154 e. The first-order valence-electron chi connectivity index (χ1n) is 4.29. The van der Waals surface area contributed by atoms with Crippen LogP contribution in [0.2, 0.25) is 0 Å². The molecular formula is C9H16BrN. The van der Waals surface area contributed by atoms with E-state index in [9.17, 15) is 0 Å². The molecule has 11 heavy (non-hydrogen) atoms. The highest BCUT2D eigenvalue weighted by molar-refractivity contribution is 9.09. The molecule has 1 aliphatic rings. The molecule has 2 heteroatoms. The van der Waals surface area contributed by atoms with Crippen molar-refractivity contribution in [3.05, 3.63) is 0 Å². The van der Waals surface area contributed by atoms with E-state index in [1.54, 1.807) is 6.21 Å². The number of alkyl halides is 1. The molecule has 1 aliphatic carbocycles. The van der Waals surface area contributed by atoms with Crippen LogP contribution in [0.15, 0.2) is 0 Å². The lowest BCUT2D eigenvalue weighted by Crippen LogP contribution is -2.30. The predicted octanol–water partition coefficient (Wildman–Crippen LogP) is 3.08. The number of nitrogens with one attached hydrogen (secondary N) is 1. The van der Waals surface area contributed by atoms with Crippen molar-refractivity contribution in [1.29, 1.82) is 5.41 Å². The summed E-state index contributed by atoms with van der Waals surface area (Å²) in [6.45, 7) is 4.55. The molecule has 0 radical (unpaired) electrons. The topological polar surface area (TPSA) is 23.9 Å². The van der Waals surface area contributed by atoms with Crippen molar-refractivity contribution < 1.29 is 0 Å². The van der Waals surface area contributed by atoms with Crippen LogP contribution in [0, 0.1) is 23.2 Å². The molecule has 0 aliphatic heterocycles. The van der Waals surface area contributed by atoms with Crippen molar-refractivity contribution in [3.63, 3.8) is 0 Å². The number of hydrogen-bond acceptors (Lipinski definition) is 1. The molecule has 0 bridgehead atoms. The molecular weight excluding hydrogens is 202 g/mol. The van der Waals surface area contributed by atoms with Gasteiger partial charge in [-0.3, -0.25) is 0 Å². The summed E-state index contributed by atoms with van der Waals surface area (Å²) in [5.74, 6) is 1.96. The lowest BCUT2D eigenvalue weighted by Gasteiger charge is -2.34. The minimum Gasteiger partial charge on any atom is -0.313 e. The van der Waals surface area contributed by atoms with Crippen molar-refractivity contribution in [2.45, 2.75) is 31.5 Å². The third-order valence-corrected chi connectivity index (χ3v) is 3.69. The van der Waals surface area contributed by atoms with Gasteiger partial charge in [0.05, 0.1) is 0 Å². The summed E-state index contributed by atoms with van der Waals surface area (Å²) in [5, 5.41) is 7.26. The molecule has 0 spiro atoms. The lowest BCUT2D eigenvalue weighted by atomic mass is 9.74. The van der Waals surface area contributed by atoms with Crippen LogP contribution in [-0.2, 0) is 0 Å². The van der Waals surface area contributed by atoms with Gasteiger partial charge >= 0.3 is 0 Å². The average molecular weight is 218 g/mol. The lowest BCUT2D eigenvalue weighted by molar-refractivity contribution is 0.243. The fourth-order valence-electron chi connectivity index (χ4n) is 1.87. The first-order chi connectivity index (χ1) is 5.15. The number of rotatable bonds is 1. The summed E-state index contributed by atoms with van der Waals surface area (Å²) >= 11 is 3.63. The summed E-state index contributed by atoms with van der Waals surface area (Å²) < 4.78 is 0. The third-order valence-electron chi connectivity index (χ3n) is 2.94. The van der Waals surface area contributed by atoms with Gasteiger partial charge < -0.3 is 5.41 Å². The van der Waals surface area contributed by atoms with Gasteiger partial charge in [0.2, 0.25) is 0 Å². The summed E-state index contributed by atoms with van der Waals surface area (Å²) in [5.41, 5.74) is 0. The van der Waals surface area contributed by atoms with Gasteiger partial charge in [0, 0.05) is 4.83 Å². The highest BCUT2D eigenvalue weighted by atomic mass is 79.9. The Morgan fingerprint density at radius 1 is 1.36 bits per heavy atom. The SMILES string of the molecule is C[C@@H]1C(C=N)C[C@H](Br)C[C@@H]1C. The van der Waals surface area contributed by atoms with Gasteiger partial charge in [-0.25, -0.2) is 0 Å². The molecule has 1 fully saturated rings. The quantitative estimate of drug-likeness (QED) is 0.516. The van der Waals surface area contributed by atoms with Crippen molar-refractivity contribution >= 4 is 22.1 Å². The summed E-state index contributed by atoms with van der Waals surface area (Å²) in [4.78, 5) is 0.639. The molecule has 0 saturated heterocycles. The van der Waals surface area contributed by atoms with Crippen LogP contribution in [0.4, 0.5) is 0 Å². The van der Waals surface area contributed by atoms with Crippen LogP contribution in [0.3, 0.4) is 0 Å². The zero-order valence-electron chi connectivity index (χ0n) is 7.18. The molecule has 0 heterocycles. The standard InChI is InChI=1S/C9H16BrN/c1-6-3-9(10)4-8(5-11)7(6)2/h5-9,11H,3-4H2,1-2H3/t6-,7-,8?,9+/m0/s1. The molecule has 0 amide bonds. The fourth-order valence-corrected chi connectivity index (χ4v) is 2.89. The highest BCUT2D eigenvalue weighted by Gasteiger charge is 2.29. The van der Waals surface area contributed by atoms with E-state index in [1.165, 1.54) is 6.42 Å². The smallest absolute Gasteiger partial charge is 0.0154 e. The van der Waals surface area contributed by atoms with Gasteiger partial charge in [0.1, 0.15) is 0 Å². The zero-order chi connectivity index (χ0) is 8.43. The zero-order valence-corrected chi connectivity index (χ0v) is 8.76. The Morgan fingerprint density at radius 2 is 2.00 bits per heavy atom. The first kappa shape index (κ1) is 9.24. The Hall–Kier alpha value is 0.150. The molecule has 0 aromatic rings. The largest absolute Gasteiger partial charge is 0.313 e. The van der Waals surface area contributed by atoms with Crippen LogP contribution in [0.1, 0.15) is 26.7 Å². The van der Waals surface area contributed by atoms with Gasteiger partial charge in [-0.05, 0) is 36.8 Å². The summed E-state index contributed by atoms with van der Waals surface area (Å²) in [6, 6.07) is 0. The van der Waals surface area contributed by atoms with Crippen LogP contribution in [0.25, 0.3) is 0 Å². The molecule has 1 saturated carbocycles. The van der Waals surface area contributed by atoms with Crippen LogP contribution in [-0.4, -0.2) is 11.0 Å². The van der Waals surface area contributed by atoms with E-state index in [1.807, 2.05) is 0 Å². The molecule has 1 rings (SSSR count). The Balaban J connectivity index is 2.58. The maximum atomic E-state index is 7.26. The summed E-state index contributed by atoms with van der Waals surface area (Å²) in [6.07, 6.45) is 4.04. The second-order valence-electron chi connectivity index (χ2n) is 3.74. The average Bonchev–Trinajstić information content (AvgIpc) is 1.96.